The molecule has 4 nitrogen and oxygen atoms in total. The summed E-state index contributed by atoms with van der Waals surface area (Å²) in [6.45, 7) is 1.96. The number of aryl methyl sites for hydroxylation is 1. The zero-order valence-electron chi connectivity index (χ0n) is 16.6. The van der Waals surface area contributed by atoms with Gasteiger partial charge in [0.05, 0.1) is 6.04 Å². The lowest BCUT2D eigenvalue weighted by Gasteiger charge is -2.14. The molecular formula is C25H26N2O2. The minimum atomic E-state index is -0.137. The van der Waals surface area contributed by atoms with Gasteiger partial charge < -0.3 is 10.6 Å². The van der Waals surface area contributed by atoms with Crippen molar-refractivity contribution in [3.8, 4) is 0 Å². The summed E-state index contributed by atoms with van der Waals surface area (Å²) in [6.07, 6.45) is 2.15. The molecule has 4 heteroatoms. The van der Waals surface area contributed by atoms with Gasteiger partial charge in [-0.25, -0.2) is 0 Å². The van der Waals surface area contributed by atoms with Crippen molar-refractivity contribution in [1.82, 2.24) is 5.32 Å². The molecule has 0 aromatic heterocycles. The fourth-order valence-corrected chi connectivity index (χ4v) is 3.13. The quantitative estimate of drug-likeness (QED) is 0.563. The van der Waals surface area contributed by atoms with Crippen LogP contribution in [0.15, 0.2) is 84.9 Å². The van der Waals surface area contributed by atoms with E-state index in [0.717, 1.165) is 18.4 Å². The molecule has 0 fully saturated rings. The predicted octanol–water partition coefficient (Wildman–Crippen LogP) is 5.14. The number of rotatable bonds is 8. The number of amides is 2. The molecule has 0 aliphatic carbocycles. The Labute approximate surface area is 172 Å². The lowest BCUT2D eigenvalue weighted by Crippen LogP contribution is -2.26. The average molecular weight is 386 g/mol. The number of anilines is 1. The Bertz CT molecular complexity index is 922. The van der Waals surface area contributed by atoms with Crippen molar-refractivity contribution in [2.45, 2.75) is 32.2 Å². The van der Waals surface area contributed by atoms with Crippen molar-refractivity contribution in [1.29, 1.82) is 0 Å². The second-order valence-electron chi connectivity index (χ2n) is 7.07. The van der Waals surface area contributed by atoms with E-state index in [0.29, 0.717) is 17.7 Å². The molecular weight excluding hydrogens is 360 g/mol. The fraction of sp³-hybridized carbons (Fsp3) is 0.200. The molecule has 0 saturated carbocycles. The minimum Gasteiger partial charge on any atom is -0.346 e. The van der Waals surface area contributed by atoms with Gasteiger partial charge in [-0.3, -0.25) is 9.59 Å². The number of carbonyl (C=O) groups excluding carboxylic acids is 2. The van der Waals surface area contributed by atoms with Crippen molar-refractivity contribution < 1.29 is 9.59 Å². The zero-order chi connectivity index (χ0) is 20.5. The Hall–Kier alpha value is -3.40. The largest absolute Gasteiger partial charge is 0.346 e. The summed E-state index contributed by atoms with van der Waals surface area (Å²) in [5.74, 6) is -0.155. The van der Waals surface area contributed by atoms with Gasteiger partial charge >= 0.3 is 0 Å². The number of nitrogens with one attached hydrogen (secondary N) is 2. The van der Waals surface area contributed by atoms with Gasteiger partial charge in [0.25, 0.3) is 5.91 Å². The third-order valence-corrected chi connectivity index (χ3v) is 4.79. The number of hydrogen-bond acceptors (Lipinski definition) is 2. The van der Waals surface area contributed by atoms with Gasteiger partial charge in [0, 0.05) is 17.7 Å². The summed E-state index contributed by atoms with van der Waals surface area (Å²) < 4.78 is 0. The van der Waals surface area contributed by atoms with Crippen LogP contribution >= 0.6 is 0 Å². The maximum atomic E-state index is 12.4. The second kappa shape index (κ2) is 10.2. The molecule has 0 bridgehead atoms. The van der Waals surface area contributed by atoms with Crippen LogP contribution in [0.5, 0.6) is 0 Å². The molecule has 3 rings (SSSR count). The van der Waals surface area contributed by atoms with E-state index in [-0.39, 0.29) is 17.9 Å². The maximum Gasteiger partial charge on any atom is 0.251 e. The summed E-state index contributed by atoms with van der Waals surface area (Å²) in [6, 6.07) is 26.9. The summed E-state index contributed by atoms with van der Waals surface area (Å²) in [5.41, 5.74) is 3.55. The van der Waals surface area contributed by atoms with E-state index in [1.807, 2.05) is 55.5 Å². The van der Waals surface area contributed by atoms with Crippen LogP contribution in [0.4, 0.5) is 5.69 Å². The highest BCUT2D eigenvalue weighted by Gasteiger charge is 2.11. The topological polar surface area (TPSA) is 58.2 Å². The molecule has 148 valence electrons. The first-order chi connectivity index (χ1) is 14.1. The third kappa shape index (κ3) is 6.32. The summed E-state index contributed by atoms with van der Waals surface area (Å²) in [7, 11) is 0. The third-order valence-electron chi connectivity index (χ3n) is 4.79. The first-order valence-electron chi connectivity index (χ1n) is 9.91. The van der Waals surface area contributed by atoms with Crippen LogP contribution in [-0.2, 0) is 11.2 Å². The summed E-state index contributed by atoms with van der Waals surface area (Å²) >= 11 is 0. The lowest BCUT2D eigenvalue weighted by atomic mass is 10.1. The van der Waals surface area contributed by atoms with E-state index in [9.17, 15) is 9.59 Å². The Morgan fingerprint density at radius 2 is 1.45 bits per heavy atom. The molecule has 0 heterocycles. The lowest BCUT2D eigenvalue weighted by molar-refractivity contribution is -0.116. The van der Waals surface area contributed by atoms with Gasteiger partial charge in [0.2, 0.25) is 5.91 Å². The Morgan fingerprint density at radius 3 is 2.10 bits per heavy atom. The molecule has 0 radical (unpaired) electrons. The van der Waals surface area contributed by atoms with Gasteiger partial charge in [-0.2, -0.15) is 0 Å². The predicted molar refractivity (Wildman–Crippen MR) is 117 cm³/mol. The smallest absolute Gasteiger partial charge is 0.251 e. The van der Waals surface area contributed by atoms with Gasteiger partial charge in [-0.05, 0) is 55.2 Å². The van der Waals surface area contributed by atoms with Crippen molar-refractivity contribution >= 4 is 17.5 Å². The van der Waals surface area contributed by atoms with Crippen LogP contribution in [0, 0.1) is 0 Å². The van der Waals surface area contributed by atoms with Gasteiger partial charge in [0.1, 0.15) is 0 Å². The highest BCUT2D eigenvalue weighted by molar-refractivity contribution is 5.96. The monoisotopic (exact) mass is 386 g/mol. The van der Waals surface area contributed by atoms with E-state index < -0.39 is 0 Å². The van der Waals surface area contributed by atoms with Gasteiger partial charge in [-0.1, -0.05) is 60.7 Å². The van der Waals surface area contributed by atoms with E-state index >= 15 is 0 Å². The highest BCUT2D eigenvalue weighted by atomic mass is 16.2. The molecule has 0 spiro atoms. The zero-order valence-corrected chi connectivity index (χ0v) is 16.6. The van der Waals surface area contributed by atoms with E-state index in [2.05, 4.69) is 22.8 Å². The van der Waals surface area contributed by atoms with Crippen LogP contribution < -0.4 is 10.6 Å². The van der Waals surface area contributed by atoms with Crippen LogP contribution in [0.25, 0.3) is 0 Å². The van der Waals surface area contributed by atoms with Crippen molar-refractivity contribution in [3.63, 3.8) is 0 Å². The van der Waals surface area contributed by atoms with Gasteiger partial charge in [-0.15, -0.1) is 0 Å². The average Bonchev–Trinajstić information content (AvgIpc) is 2.75. The molecule has 29 heavy (non-hydrogen) atoms. The fourth-order valence-electron chi connectivity index (χ4n) is 3.13. The number of carbonyl (C=O) groups is 2. The Balaban J connectivity index is 1.46. The van der Waals surface area contributed by atoms with Crippen LogP contribution in [0.2, 0.25) is 0 Å². The molecule has 3 aromatic rings. The molecule has 0 aliphatic heterocycles. The van der Waals surface area contributed by atoms with E-state index in [1.165, 1.54) is 5.56 Å². The molecule has 1 atom stereocenters. The molecule has 0 saturated heterocycles. The van der Waals surface area contributed by atoms with Crippen molar-refractivity contribution in [3.05, 3.63) is 102 Å². The van der Waals surface area contributed by atoms with E-state index in [4.69, 9.17) is 0 Å². The van der Waals surface area contributed by atoms with Crippen molar-refractivity contribution in [2.75, 3.05) is 5.32 Å². The van der Waals surface area contributed by atoms with Crippen LogP contribution in [-0.4, -0.2) is 11.8 Å². The molecule has 3 aromatic carbocycles. The van der Waals surface area contributed by atoms with Crippen molar-refractivity contribution in [2.24, 2.45) is 0 Å². The minimum absolute atomic E-state index is 0.0177. The molecule has 2 amide bonds. The molecule has 0 aliphatic rings. The Morgan fingerprint density at radius 1 is 0.828 bits per heavy atom. The summed E-state index contributed by atoms with van der Waals surface area (Å²) in [5, 5.41) is 5.88. The summed E-state index contributed by atoms with van der Waals surface area (Å²) in [4.78, 5) is 24.6. The molecule has 1 unspecified atom stereocenters. The number of hydrogen-bond donors (Lipinski definition) is 2. The SMILES string of the molecule is CC(NC(=O)c1ccc(NC(=O)CCCc2ccccc2)cc1)c1ccccc1. The molecule has 2 N–H and O–H groups in total. The highest BCUT2D eigenvalue weighted by Crippen LogP contribution is 2.15. The van der Waals surface area contributed by atoms with E-state index in [1.54, 1.807) is 24.3 Å². The normalized spacial score (nSPS) is 11.5. The Kier molecular flexibility index (Phi) is 7.17. The van der Waals surface area contributed by atoms with Gasteiger partial charge in [0.15, 0.2) is 0 Å². The first kappa shape index (κ1) is 20.3. The maximum absolute atomic E-state index is 12.4. The number of benzene rings is 3. The first-order valence-corrected chi connectivity index (χ1v) is 9.91. The second-order valence-corrected chi connectivity index (χ2v) is 7.07. The van der Waals surface area contributed by atoms with Crippen LogP contribution in [0.1, 0.15) is 47.3 Å². The standard InChI is InChI=1S/C25H26N2O2/c1-19(21-12-6-3-7-13-21)26-25(29)22-15-17-23(18-16-22)27-24(28)14-8-11-20-9-4-2-5-10-20/h2-7,9-10,12-13,15-19H,8,11,14H2,1H3,(H,26,29)(H,27,28). The van der Waals surface area contributed by atoms with Crippen LogP contribution in [0.3, 0.4) is 0 Å².